The summed E-state index contributed by atoms with van der Waals surface area (Å²) in [5.74, 6) is 0.642. The van der Waals surface area contributed by atoms with Crippen molar-refractivity contribution in [1.82, 2.24) is 24.9 Å². The fraction of sp³-hybridized carbons (Fsp3) is 0. The highest BCUT2D eigenvalue weighted by molar-refractivity contribution is 5.84. The van der Waals surface area contributed by atoms with Gasteiger partial charge in [0, 0.05) is 29.1 Å². The lowest BCUT2D eigenvalue weighted by molar-refractivity contribution is 1.17. The second-order valence-corrected chi connectivity index (χ2v) is 11.4. The molecule has 4 heterocycles. The van der Waals surface area contributed by atoms with Crippen molar-refractivity contribution in [2.75, 3.05) is 0 Å². The van der Waals surface area contributed by atoms with Gasteiger partial charge in [-0.3, -0.25) is 9.97 Å². The van der Waals surface area contributed by atoms with Crippen molar-refractivity contribution in [3.63, 3.8) is 0 Å². The second kappa shape index (κ2) is 13.0. The van der Waals surface area contributed by atoms with Gasteiger partial charge in [-0.15, -0.1) is 0 Å². The minimum Gasteiger partial charge on any atom is -0.255 e. The zero-order valence-corrected chi connectivity index (χ0v) is 26.0. The van der Waals surface area contributed by atoms with Crippen molar-refractivity contribution in [3.05, 3.63) is 176 Å². The SMILES string of the molecule is c1ccc(-c2cccc(-c3cc(-c4cccnc4-c4cc(-c5ccccc5)cc(-c5ccccn5)n4)nc(-c4ccccc4)n3)c2)cc1. The molecule has 0 N–H and O–H groups in total. The summed E-state index contributed by atoms with van der Waals surface area (Å²) in [6.07, 6.45) is 3.60. The van der Waals surface area contributed by atoms with Crippen molar-refractivity contribution in [1.29, 1.82) is 0 Å². The van der Waals surface area contributed by atoms with E-state index in [4.69, 9.17) is 19.9 Å². The van der Waals surface area contributed by atoms with Crippen LogP contribution in [0.4, 0.5) is 0 Å². The Morgan fingerprint density at radius 3 is 1.62 bits per heavy atom. The zero-order chi connectivity index (χ0) is 32.1. The van der Waals surface area contributed by atoms with Gasteiger partial charge < -0.3 is 0 Å². The lowest BCUT2D eigenvalue weighted by Crippen LogP contribution is -1.99. The third kappa shape index (κ3) is 6.00. The van der Waals surface area contributed by atoms with Crippen LogP contribution >= 0.6 is 0 Å². The molecule has 0 atom stereocenters. The van der Waals surface area contributed by atoms with Gasteiger partial charge in [0.25, 0.3) is 0 Å². The Morgan fingerprint density at radius 2 is 0.896 bits per heavy atom. The van der Waals surface area contributed by atoms with Crippen LogP contribution in [-0.4, -0.2) is 24.9 Å². The Balaban J connectivity index is 1.32. The summed E-state index contributed by atoms with van der Waals surface area (Å²) >= 11 is 0. The number of rotatable bonds is 7. The summed E-state index contributed by atoms with van der Waals surface area (Å²) in [6.45, 7) is 0. The maximum absolute atomic E-state index is 5.14. The van der Waals surface area contributed by atoms with Gasteiger partial charge in [-0.05, 0) is 70.8 Å². The fourth-order valence-electron chi connectivity index (χ4n) is 5.85. The number of aromatic nitrogens is 5. The quantitative estimate of drug-likeness (QED) is 0.178. The first-order chi connectivity index (χ1) is 23.8. The van der Waals surface area contributed by atoms with Gasteiger partial charge in [0.15, 0.2) is 5.82 Å². The van der Waals surface area contributed by atoms with Gasteiger partial charge >= 0.3 is 0 Å². The highest BCUT2D eigenvalue weighted by Gasteiger charge is 2.18. The Bertz CT molecular complexity index is 2270. The molecule has 8 aromatic rings. The Kier molecular flexibility index (Phi) is 7.83. The van der Waals surface area contributed by atoms with E-state index in [1.165, 1.54) is 0 Å². The number of hydrogen-bond acceptors (Lipinski definition) is 5. The highest BCUT2D eigenvalue weighted by atomic mass is 14.9. The van der Waals surface area contributed by atoms with Gasteiger partial charge in [0.05, 0.1) is 34.2 Å². The molecule has 0 bridgehead atoms. The molecular weight excluding hydrogens is 587 g/mol. The van der Waals surface area contributed by atoms with Crippen molar-refractivity contribution in [3.8, 4) is 78.9 Å². The van der Waals surface area contributed by atoms with E-state index in [1.807, 2.05) is 78.9 Å². The molecule has 0 saturated carbocycles. The molecule has 226 valence electrons. The maximum Gasteiger partial charge on any atom is 0.160 e. The van der Waals surface area contributed by atoms with Crippen molar-refractivity contribution in [2.24, 2.45) is 0 Å². The van der Waals surface area contributed by atoms with Crippen LogP contribution in [0, 0.1) is 0 Å². The van der Waals surface area contributed by atoms with E-state index in [9.17, 15) is 0 Å². The van der Waals surface area contributed by atoms with Crippen LogP contribution in [0.15, 0.2) is 176 Å². The Labute approximate surface area is 279 Å². The van der Waals surface area contributed by atoms with Crippen LogP contribution < -0.4 is 0 Å². The third-order valence-corrected chi connectivity index (χ3v) is 8.21. The van der Waals surface area contributed by atoms with Crippen molar-refractivity contribution >= 4 is 0 Å². The maximum atomic E-state index is 5.14. The fourth-order valence-corrected chi connectivity index (χ4v) is 5.85. The average Bonchev–Trinajstić information content (AvgIpc) is 3.19. The van der Waals surface area contributed by atoms with E-state index in [1.54, 1.807) is 12.4 Å². The zero-order valence-electron chi connectivity index (χ0n) is 26.0. The first-order valence-corrected chi connectivity index (χ1v) is 15.8. The van der Waals surface area contributed by atoms with Gasteiger partial charge in [0.1, 0.15) is 0 Å². The van der Waals surface area contributed by atoms with Crippen LogP contribution in [-0.2, 0) is 0 Å². The summed E-state index contributed by atoms with van der Waals surface area (Å²) in [7, 11) is 0. The van der Waals surface area contributed by atoms with E-state index in [-0.39, 0.29) is 0 Å². The molecule has 0 spiro atoms. The Hall–Kier alpha value is -6.59. The minimum absolute atomic E-state index is 0.642. The number of benzene rings is 4. The van der Waals surface area contributed by atoms with Crippen LogP contribution in [0.5, 0.6) is 0 Å². The molecule has 5 nitrogen and oxygen atoms in total. The Morgan fingerprint density at radius 1 is 0.292 bits per heavy atom. The van der Waals surface area contributed by atoms with Crippen molar-refractivity contribution < 1.29 is 0 Å². The molecule has 0 aliphatic heterocycles. The van der Waals surface area contributed by atoms with Gasteiger partial charge in [0.2, 0.25) is 0 Å². The monoisotopic (exact) mass is 615 g/mol. The molecule has 4 aromatic carbocycles. The third-order valence-electron chi connectivity index (χ3n) is 8.21. The van der Waals surface area contributed by atoms with Gasteiger partial charge in [-0.1, -0.05) is 115 Å². The van der Waals surface area contributed by atoms with Crippen LogP contribution in [0.2, 0.25) is 0 Å². The molecule has 0 saturated heterocycles. The van der Waals surface area contributed by atoms with E-state index in [0.717, 1.165) is 73.1 Å². The molecule has 0 amide bonds. The van der Waals surface area contributed by atoms with Crippen LogP contribution in [0.3, 0.4) is 0 Å². The molecule has 0 aliphatic rings. The lowest BCUT2D eigenvalue weighted by atomic mass is 9.99. The largest absolute Gasteiger partial charge is 0.255 e. The average molecular weight is 616 g/mol. The lowest BCUT2D eigenvalue weighted by Gasteiger charge is -2.14. The molecule has 48 heavy (non-hydrogen) atoms. The molecule has 8 rings (SSSR count). The molecule has 0 radical (unpaired) electrons. The summed E-state index contributed by atoms with van der Waals surface area (Å²) < 4.78 is 0. The normalized spacial score (nSPS) is 10.9. The van der Waals surface area contributed by atoms with E-state index >= 15 is 0 Å². The molecular formula is C43H29N5. The van der Waals surface area contributed by atoms with Gasteiger partial charge in [-0.25, -0.2) is 15.0 Å². The van der Waals surface area contributed by atoms with E-state index in [0.29, 0.717) is 5.82 Å². The molecule has 0 unspecified atom stereocenters. The van der Waals surface area contributed by atoms with E-state index in [2.05, 4.69) is 89.9 Å². The van der Waals surface area contributed by atoms with Crippen LogP contribution in [0.1, 0.15) is 0 Å². The summed E-state index contributed by atoms with van der Waals surface area (Å²) in [6, 6.07) is 55.4. The van der Waals surface area contributed by atoms with E-state index < -0.39 is 0 Å². The second-order valence-electron chi connectivity index (χ2n) is 11.4. The molecule has 5 heteroatoms. The summed E-state index contributed by atoms with van der Waals surface area (Å²) in [5, 5.41) is 0. The minimum atomic E-state index is 0.642. The van der Waals surface area contributed by atoms with Crippen molar-refractivity contribution in [2.45, 2.75) is 0 Å². The molecule has 4 aromatic heterocycles. The predicted molar refractivity (Wildman–Crippen MR) is 193 cm³/mol. The summed E-state index contributed by atoms with van der Waals surface area (Å²) in [4.78, 5) is 24.9. The predicted octanol–water partition coefficient (Wildman–Crippen LogP) is 10.3. The number of pyridine rings is 3. The summed E-state index contributed by atoms with van der Waals surface area (Å²) in [5.41, 5.74) is 11.8. The highest BCUT2D eigenvalue weighted by Crippen LogP contribution is 2.36. The topological polar surface area (TPSA) is 64.5 Å². The number of hydrogen-bond donors (Lipinski definition) is 0. The first kappa shape index (κ1) is 28.9. The standard InChI is InChI=1S/C43H29N5/c1-4-14-30(15-5-1)33-20-12-21-34(26-33)38-29-39(48-43(47-38)32-18-8-3-9-19-32)36-22-13-25-45-42(36)41-28-35(31-16-6-2-7-17-31)27-40(46-41)37-23-10-11-24-44-37/h1-29H. The smallest absolute Gasteiger partial charge is 0.160 e. The van der Waals surface area contributed by atoms with Gasteiger partial charge in [-0.2, -0.15) is 0 Å². The number of nitrogens with zero attached hydrogens (tertiary/aromatic N) is 5. The molecule has 0 fully saturated rings. The molecule has 0 aliphatic carbocycles. The van der Waals surface area contributed by atoms with Crippen LogP contribution in [0.25, 0.3) is 78.9 Å². The first-order valence-electron chi connectivity index (χ1n) is 15.8.